The molecule has 3 heteroatoms. The lowest BCUT2D eigenvalue weighted by Gasteiger charge is -2.41. The van der Waals surface area contributed by atoms with E-state index in [-0.39, 0.29) is 5.54 Å². The molecule has 1 fully saturated rings. The Morgan fingerprint density at radius 2 is 2.05 bits per heavy atom. The van der Waals surface area contributed by atoms with Crippen molar-refractivity contribution in [3.05, 3.63) is 30.1 Å². The van der Waals surface area contributed by atoms with Gasteiger partial charge in [-0.2, -0.15) is 0 Å². The van der Waals surface area contributed by atoms with Crippen LogP contribution in [0.2, 0.25) is 0 Å². The van der Waals surface area contributed by atoms with Gasteiger partial charge in [0.2, 0.25) is 0 Å². The van der Waals surface area contributed by atoms with Crippen molar-refractivity contribution in [3.63, 3.8) is 0 Å². The molecule has 2 atom stereocenters. The van der Waals surface area contributed by atoms with E-state index < -0.39 is 0 Å². The zero-order chi connectivity index (χ0) is 14.4. The fourth-order valence-corrected chi connectivity index (χ4v) is 3.54. The summed E-state index contributed by atoms with van der Waals surface area (Å²) in [6.45, 7) is 4.06. The van der Waals surface area contributed by atoms with Crippen molar-refractivity contribution in [1.29, 1.82) is 0 Å². The maximum absolute atomic E-state index is 6.20. The summed E-state index contributed by atoms with van der Waals surface area (Å²) in [5, 5.41) is 0. The van der Waals surface area contributed by atoms with Crippen molar-refractivity contribution in [2.24, 2.45) is 11.7 Å². The molecule has 0 bridgehead atoms. The molecule has 112 valence electrons. The first-order valence-electron chi connectivity index (χ1n) is 8.00. The minimum Gasteiger partial charge on any atom is -0.329 e. The predicted molar refractivity (Wildman–Crippen MR) is 84.4 cm³/mol. The second-order valence-electron chi connectivity index (χ2n) is 6.35. The first-order chi connectivity index (χ1) is 9.70. The summed E-state index contributed by atoms with van der Waals surface area (Å²) in [7, 11) is 2.24. The molecule has 0 spiro atoms. The quantitative estimate of drug-likeness (QED) is 0.839. The predicted octanol–water partition coefficient (Wildman–Crippen LogP) is 3.20. The summed E-state index contributed by atoms with van der Waals surface area (Å²) in [6, 6.07) is 4.21. The van der Waals surface area contributed by atoms with Crippen LogP contribution in [0, 0.1) is 5.92 Å². The van der Waals surface area contributed by atoms with Crippen LogP contribution in [0.4, 0.5) is 0 Å². The zero-order valence-electron chi connectivity index (χ0n) is 13.0. The number of rotatable bonds is 5. The summed E-state index contributed by atoms with van der Waals surface area (Å²) >= 11 is 0. The number of nitrogens with zero attached hydrogens (tertiary/aromatic N) is 2. The minimum absolute atomic E-state index is 0.188. The number of likely N-dealkylation sites (N-methyl/N-ethyl adjacent to an activating group) is 1. The summed E-state index contributed by atoms with van der Waals surface area (Å²) < 4.78 is 0. The highest BCUT2D eigenvalue weighted by Gasteiger charge is 2.35. The maximum atomic E-state index is 6.20. The lowest BCUT2D eigenvalue weighted by atomic mass is 9.87. The van der Waals surface area contributed by atoms with E-state index in [4.69, 9.17) is 5.73 Å². The largest absolute Gasteiger partial charge is 0.329 e. The highest BCUT2D eigenvalue weighted by atomic mass is 15.2. The molecule has 1 aromatic rings. The molecule has 1 aromatic heterocycles. The monoisotopic (exact) mass is 275 g/mol. The number of hydrogen-bond acceptors (Lipinski definition) is 3. The van der Waals surface area contributed by atoms with Gasteiger partial charge in [0.05, 0.1) is 0 Å². The molecule has 1 heterocycles. The Balaban J connectivity index is 2.05. The van der Waals surface area contributed by atoms with Gasteiger partial charge in [-0.05, 0) is 49.9 Å². The van der Waals surface area contributed by atoms with E-state index in [0.29, 0.717) is 0 Å². The molecule has 2 rings (SSSR count). The third-order valence-corrected chi connectivity index (χ3v) is 5.21. The van der Waals surface area contributed by atoms with Crippen molar-refractivity contribution in [2.45, 2.75) is 57.5 Å². The number of hydrogen-bond donors (Lipinski definition) is 1. The van der Waals surface area contributed by atoms with Gasteiger partial charge >= 0.3 is 0 Å². The molecule has 3 nitrogen and oxygen atoms in total. The van der Waals surface area contributed by atoms with Crippen LogP contribution in [-0.2, 0) is 6.54 Å². The molecule has 20 heavy (non-hydrogen) atoms. The normalized spacial score (nSPS) is 27.5. The topological polar surface area (TPSA) is 42.1 Å². The number of nitrogens with two attached hydrogens (primary N) is 1. The maximum Gasteiger partial charge on any atom is 0.0332 e. The molecule has 2 unspecified atom stereocenters. The van der Waals surface area contributed by atoms with E-state index in [1.165, 1.54) is 44.1 Å². The van der Waals surface area contributed by atoms with Crippen molar-refractivity contribution < 1.29 is 0 Å². The van der Waals surface area contributed by atoms with Gasteiger partial charge in [0.1, 0.15) is 0 Å². The molecule has 1 aliphatic carbocycles. The summed E-state index contributed by atoms with van der Waals surface area (Å²) in [5.74, 6) is 0.901. The lowest BCUT2D eigenvalue weighted by Crippen LogP contribution is -2.51. The van der Waals surface area contributed by atoms with E-state index in [1.807, 2.05) is 12.4 Å². The second-order valence-corrected chi connectivity index (χ2v) is 6.35. The number of aromatic nitrogens is 1. The van der Waals surface area contributed by atoms with Crippen LogP contribution < -0.4 is 5.73 Å². The Morgan fingerprint density at radius 1 is 1.30 bits per heavy atom. The third kappa shape index (κ3) is 3.58. The molecule has 0 radical (unpaired) electrons. The third-order valence-electron chi connectivity index (χ3n) is 5.21. The van der Waals surface area contributed by atoms with Crippen LogP contribution in [0.5, 0.6) is 0 Å². The number of pyridine rings is 1. The summed E-state index contributed by atoms with van der Waals surface area (Å²) in [6.07, 6.45) is 11.6. The smallest absolute Gasteiger partial charge is 0.0332 e. The van der Waals surface area contributed by atoms with Crippen LogP contribution in [0.15, 0.2) is 24.5 Å². The summed E-state index contributed by atoms with van der Waals surface area (Å²) in [5.41, 5.74) is 7.71. The molecule has 0 saturated heterocycles. The van der Waals surface area contributed by atoms with Crippen molar-refractivity contribution in [2.75, 3.05) is 13.6 Å². The Morgan fingerprint density at radius 3 is 2.70 bits per heavy atom. The van der Waals surface area contributed by atoms with Crippen LogP contribution in [0.25, 0.3) is 0 Å². The average Bonchev–Trinajstić information content (AvgIpc) is 2.71. The molecule has 2 N–H and O–H groups in total. The Bertz CT molecular complexity index is 392. The molecular formula is C17H29N3. The van der Waals surface area contributed by atoms with Crippen LogP contribution in [0.3, 0.4) is 0 Å². The highest BCUT2D eigenvalue weighted by molar-refractivity contribution is 5.10. The van der Waals surface area contributed by atoms with Crippen molar-refractivity contribution in [3.8, 4) is 0 Å². The van der Waals surface area contributed by atoms with E-state index in [0.717, 1.165) is 19.0 Å². The van der Waals surface area contributed by atoms with E-state index in [1.54, 1.807) is 0 Å². The Kier molecular flexibility index (Phi) is 5.55. The fourth-order valence-electron chi connectivity index (χ4n) is 3.54. The van der Waals surface area contributed by atoms with Crippen molar-refractivity contribution >= 4 is 0 Å². The van der Waals surface area contributed by atoms with E-state index >= 15 is 0 Å². The van der Waals surface area contributed by atoms with Gasteiger partial charge in [-0.1, -0.05) is 26.2 Å². The Labute approximate surface area is 123 Å². The van der Waals surface area contributed by atoms with Gasteiger partial charge < -0.3 is 5.73 Å². The van der Waals surface area contributed by atoms with E-state index in [2.05, 4.69) is 36.0 Å². The molecule has 0 aliphatic heterocycles. The molecule has 0 amide bonds. The van der Waals surface area contributed by atoms with Gasteiger partial charge in [-0.25, -0.2) is 0 Å². The minimum atomic E-state index is 0.188. The van der Waals surface area contributed by atoms with Crippen LogP contribution in [-0.4, -0.2) is 29.0 Å². The van der Waals surface area contributed by atoms with Crippen LogP contribution >= 0.6 is 0 Å². The summed E-state index contributed by atoms with van der Waals surface area (Å²) in [4.78, 5) is 6.58. The van der Waals surface area contributed by atoms with Crippen molar-refractivity contribution in [1.82, 2.24) is 9.88 Å². The van der Waals surface area contributed by atoms with Gasteiger partial charge in [-0.3, -0.25) is 9.88 Å². The lowest BCUT2D eigenvalue weighted by molar-refractivity contribution is 0.0983. The van der Waals surface area contributed by atoms with Crippen LogP contribution in [0.1, 0.15) is 51.0 Å². The molecular weight excluding hydrogens is 246 g/mol. The standard InChI is InChI=1S/C17H29N3/c1-3-15-5-4-9-17(14-18,10-6-15)20(2)13-16-7-11-19-12-8-16/h7-8,11-12,15H,3-6,9-10,13-14,18H2,1-2H3. The molecule has 1 aliphatic rings. The van der Waals surface area contributed by atoms with Gasteiger partial charge in [-0.15, -0.1) is 0 Å². The molecule has 1 saturated carbocycles. The first-order valence-corrected chi connectivity index (χ1v) is 8.00. The highest BCUT2D eigenvalue weighted by Crippen LogP contribution is 2.35. The average molecular weight is 275 g/mol. The van der Waals surface area contributed by atoms with Gasteiger partial charge in [0.25, 0.3) is 0 Å². The Hall–Kier alpha value is -0.930. The fraction of sp³-hybridized carbons (Fsp3) is 0.706. The van der Waals surface area contributed by atoms with E-state index in [9.17, 15) is 0 Å². The zero-order valence-corrected chi connectivity index (χ0v) is 13.0. The molecule has 0 aromatic carbocycles. The first kappa shape index (κ1) is 15.5. The second kappa shape index (κ2) is 7.19. The van der Waals surface area contributed by atoms with Gasteiger partial charge in [0, 0.05) is 31.0 Å². The SMILES string of the molecule is CCC1CCCC(CN)(N(C)Cc2ccncc2)CC1. The van der Waals surface area contributed by atoms with Gasteiger partial charge in [0.15, 0.2) is 0 Å².